The van der Waals surface area contributed by atoms with Crippen LogP contribution in [-0.2, 0) is 27.2 Å². The molecule has 0 saturated heterocycles. The Balaban J connectivity index is 2.05. The number of carbonyl (C=O) groups is 1. The molecule has 0 amide bonds. The molecule has 0 aromatic heterocycles. The Kier molecular flexibility index (Phi) is 7.86. The molecule has 0 heterocycles. The smallest absolute Gasteiger partial charge is 0.332 e. The number of ether oxygens (including phenoxy) is 2. The summed E-state index contributed by atoms with van der Waals surface area (Å²) in [5, 5.41) is 3.27. The molecule has 1 rings (SSSR count). The molecule has 0 atom stereocenters. The minimum atomic E-state index is -0.308. The van der Waals surface area contributed by atoms with E-state index in [1.807, 2.05) is 0 Å². The molecule has 0 aliphatic rings. The Morgan fingerprint density at radius 3 is 2.47 bits per heavy atom. The number of rotatable bonds is 9. The molecule has 4 heteroatoms. The van der Waals surface area contributed by atoms with Crippen LogP contribution >= 0.6 is 0 Å². The first-order valence-electron chi connectivity index (χ1n) is 6.78. The summed E-state index contributed by atoms with van der Waals surface area (Å²) in [6.45, 7) is 6.39. The van der Waals surface area contributed by atoms with Crippen LogP contribution in [-0.4, -0.2) is 32.3 Å². The third-order valence-electron chi connectivity index (χ3n) is 2.71. The molecule has 0 fully saturated rings. The monoisotopic (exact) mass is 265 g/mol. The predicted molar refractivity (Wildman–Crippen MR) is 75.0 cm³/mol. The summed E-state index contributed by atoms with van der Waals surface area (Å²) in [6.07, 6.45) is 1.06. The van der Waals surface area contributed by atoms with Crippen LogP contribution in [0, 0.1) is 0 Å². The fourth-order valence-electron chi connectivity index (χ4n) is 1.63. The summed E-state index contributed by atoms with van der Waals surface area (Å²) in [4.78, 5) is 11.0. The minimum absolute atomic E-state index is 0.0285. The topological polar surface area (TPSA) is 47.6 Å². The maximum atomic E-state index is 11.0. The maximum Gasteiger partial charge on any atom is 0.332 e. The number of hydrogen-bond donors (Lipinski definition) is 1. The van der Waals surface area contributed by atoms with Gasteiger partial charge in [-0.25, -0.2) is 4.79 Å². The van der Waals surface area contributed by atoms with E-state index in [1.54, 1.807) is 6.92 Å². The highest BCUT2D eigenvalue weighted by Gasteiger charge is 2.00. The SMILES string of the molecule is CCOC(=O)COCCNCc1ccc(CC)cc1. The minimum Gasteiger partial charge on any atom is -0.464 e. The zero-order valence-electron chi connectivity index (χ0n) is 11.8. The van der Waals surface area contributed by atoms with Gasteiger partial charge in [-0.3, -0.25) is 0 Å². The van der Waals surface area contributed by atoms with Crippen LogP contribution in [0.1, 0.15) is 25.0 Å². The van der Waals surface area contributed by atoms with Gasteiger partial charge in [-0.15, -0.1) is 0 Å². The zero-order chi connectivity index (χ0) is 13.9. The van der Waals surface area contributed by atoms with Crippen LogP contribution in [0.4, 0.5) is 0 Å². The van der Waals surface area contributed by atoms with Gasteiger partial charge in [0.25, 0.3) is 0 Å². The lowest BCUT2D eigenvalue weighted by atomic mass is 10.1. The zero-order valence-corrected chi connectivity index (χ0v) is 11.8. The van der Waals surface area contributed by atoms with Gasteiger partial charge in [-0.05, 0) is 24.5 Å². The Bertz CT molecular complexity index is 362. The van der Waals surface area contributed by atoms with Crippen molar-refractivity contribution in [2.75, 3.05) is 26.4 Å². The summed E-state index contributed by atoms with van der Waals surface area (Å²) in [5.41, 5.74) is 2.60. The first kappa shape index (κ1) is 15.7. The van der Waals surface area contributed by atoms with Crippen molar-refractivity contribution in [3.05, 3.63) is 35.4 Å². The highest BCUT2D eigenvalue weighted by molar-refractivity contribution is 5.70. The summed E-state index contributed by atoms with van der Waals surface area (Å²) < 4.78 is 9.94. The number of esters is 1. The third-order valence-corrected chi connectivity index (χ3v) is 2.71. The van der Waals surface area contributed by atoms with Crippen molar-refractivity contribution in [3.8, 4) is 0 Å². The molecule has 0 bridgehead atoms. The number of aryl methyl sites for hydroxylation is 1. The highest BCUT2D eigenvalue weighted by atomic mass is 16.6. The predicted octanol–water partition coefficient (Wildman–Crippen LogP) is 1.92. The fourth-order valence-corrected chi connectivity index (χ4v) is 1.63. The second-order valence-corrected chi connectivity index (χ2v) is 4.20. The van der Waals surface area contributed by atoms with E-state index in [4.69, 9.17) is 9.47 Å². The Morgan fingerprint density at radius 1 is 1.16 bits per heavy atom. The van der Waals surface area contributed by atoms with Crippen molar-refractivity contribution in [3.63, 3.8) is 0 Å². The first-order valence-corrected chi connectivity index (χ1v) is 6.78. The van der Waals surface area contributed by atoms with Gasteiger partial charge in [-0.1, -0.05) is 31.2 Å². The Labute approximate surface area is 115 Å². The lowest BCUT2D eigenvalue weighted by Gasteiger charge is -2.06. The molecule has 1 aromatic carbocycles. The van der Waals surface area contributed by atoms with Gasteiger partial charge in [0.05, 0.1) is 13.2 Å². The van der Waals surface area contributed by atoms with Crippen molar-refractivity contribution in [1.82, 2.24) is 5.32 Å². The van der Waals surface area contributed by atoms with Crippen LogP contribution in [0.15, 0.2) is 24.3 Å². The second kappa shape index (κ2) is 9.53. The average Bonchev–Trinajstić information content (AvgIpc) is 2.43. The molecule has 1 N–H and O–H groups in total. The van der Waals surface area contributed by atoms with Gasteiger partial charge in [0, 0.05) is 13.1 Å². The van der Waals surface area contributed by atoms with Gasteiger partial charge >= 0.3 is 5.97 Å². The Hall–Kier alpha value is -1.39. The molecule has 0 spiro atoms. The lowest BCUT2D eigenvalue weighted by Crippen LogP contribution is -2.21. The number of carbonyl (C=O) groups excluding carboxylic acids is 1. The van der Waals surface area contributed by atoms with Crippen molar-refractivity contribution < 1.29 is 14.3 Å². The van der Waals surface area contributed by atoms with Crippen molar-refractivity contribution in [2.45, 2.75) is 26.8 Å². The van der Waals surface area contributed by atoms with E-state index in [9.17, 15) is 4.79 Å². The molecule has 0 unspecified atom stereocenters. The standard InChI is InChI=1S/C15H23NO3/c1-3-13-5-7-14(8-6-13)11-16-9-10-18-12-15(17)19-4-2/h5-8,16H,3-4,9-12H2,1-2H3. The summed E-state index contributed by atoms with van der Waals surface area (Å²) in [6, 6.07) is 8.55. The number of hydrogen-bond acceptors (Lipinski definition) is 4. The van der Waals surface area contributed by atoms with Crippen LogP contribution in [0.2, 0.25) is 0 Å². The van der Waals surface area contributed by atoms with Crippen LogP contribution < -0.4 is 5.32 Å². The molecule has 0 aliphatic carbocycles. The molecule has 0 saturated carbocycles. The van der Waals surface area contributed by atoms with E-state index in [-0.39, 0.29) is 12.6 Å². The molecule has 0 aliphatic heterocycles. The average molecular weight is 265 g/mol. The van der Waals surface area contributed by atoms with Crippen molar-refractivity contribution in [2.24, 2.45) is 0 Å². The molecule has 19 heavy (non-hydrogen) atoms. The Morgan fingerprint density at radius 2 is 1.84 bits per heavy atom. The van der Waals surface area contributed by atoms with Gasteiger partial charge in [0.1, 0.15) is 6.61 Å². The summed E-state index contributed by atoms with van der Waals surface area (Å²) in [5.74, 6) is -0.308. The maximum absolute atomic E-state index is 11.0. The second-order valence-electron chi connectivity index (χ2n) is 4.20. The van der Waals surface area contributed by atoms with E-state index in [0.29, 0.717) is 13.2 Å². The quantitative estimate of drug-likeness (QED) is 0.547. The number of benzene rings is 1. The first-order chi connectivity index (χ1) is 9.26. The summed E-state index contributed by atoms with van der Waals surface area (Å²) in [7, 11) is 0. The van der Waals surface area contributed by atoms with Gasteiger partial charge in [0.15, 0.2) is 0 Å². The van der Waals surface area contributed by atoms with E-state index in [2.05, 4.69) is 36.5 Å². The van der Waals surface area contributed by atoms with E-state index >= 15 is 0 Å². The van der Waals surface area contributed by atoms with Gasteiger partial charge < -0.3 is 14.8 Å². The van der Waals surface area contributed by atoms with Crippen LogP contribution in [0.25, 0.3) is 0 Å². The molecule has 4 nitrogen and oxygen atoms in total. The van der Waals surface area contributed by atoms with Crippen LogP contribution in [0.5, 0.6) is 0 Å². The largest absolute Gasteiger partial charge is 0.464 e. The van der Waals surface area contributed by atoms with Gasteiger partial charge in [-0.2, -0.15) is 0 Å². The van der Waals surface area contributed by atoms with Crippen LogP contribution in [0.3, 0.4) is 0 Å². The fraction of sp³-hybridized carbons (Fsp3) is 0.533. The van der Waals surface area contributed by atoms with Crippen molar-refractivity contribution >= 4 is 5.97 Å². The molecule has 106 valence electrons. The van der Waals surface area contributed by atoms with Crippen molar-refractivity contribution in [1.29, 1.82) is 0 Å². The highest BCUT2D eigenvalue weighted by Crippen LogP contribution is 2.04. The molecule has 0 radical (unpaired) electrons. The van der Waals surface area contributed by atoms with Gasteiger partial charge in [0.2, 0.25) is 0 Å². The molecule has 1 aromatic rings. The van der Waals surface area contributed by atoms with E-state index < -0.39 is 0 Å². The summed E-state index contributed by atoms with van der Waals surface area (Å²) >= 11 is 0. The lowest BCUT2D eigenvalue weighted by molar-refractivity contribution is -0.148. The molecular weight excluding hydrogens is 242 g/mol. The van der Waals surface area contributed by atoms with E-state index in [1.165, 1.54) is 11.1 Å². The normalized spacial score (nSPS) is 10.4. The third kappa shape index (κ3) is 6.94. The molecular formula is C15H23NO3. The number of nitrogens with one attached hydrogen (secondary N) is 1. The van der Waals surface area contributed by atoms with E-state index in [0.717, 1.165) is 19.5 Å².